The third-order valence-electron chi connectivity index (χ3n) is 3.68. The maximum absolute atomic E-state index is 13.7. The quantitative estimate of drug-likeness (QED) is 0.761. The van der Waals surface area contributed by atoms with Crippen LogP contribution in [-0.2, 0) is 25.5 Å². The number of methoxy groups -OCH3 is 1. The zero-order chi connectivity index (χ0) is 20.0. The highest BCUT2D eigenvalue weighted by Gasteiger charge is 2.15. The predicted molar refractivity (Wildman–Crippen MR) is 97.2 cm³/mol. The second-order valence-electron chi connectivity index (χ2n) is 5.61. The molecular formula is C19H17ClFNO5. The summed E-state index contributed by atoms with van der Waals surface area (Å²) in [6.07, 6.45) is -0.393. The number of carbonyl (C=O) groups is 3. The zero-order valence-electron chi connectivity index (χ0n) is 14.7. The Bertz CT molecular complexity index is 864. The van der Waals surface area contributed by atoms with Crippen LogP contribution in [0.2, 0.25) is 5.02 Å². The van der Waals surface area contributed by atoms with Crippen molar-refractivity contribution in [2.24, 2.45) is 0 Å². The number of anilines is 1. The van der Waals surface area contributed by atoms with Gasteiger partial charge in [-0.1, -0.05) is 23.7 Å². The van der Waals surface area contributed by atoms with Crippen molar-refractivity contribution in [2.45, 2.75) is 13.3 Å². The maximum Gasteiger partial charge on any atom is 0.337 e. The molecule has 6 nitrogen and oxygen atoms in total. The fraction of sp³-hybridized carbons (Fsp3) is 0.211. The number of aryl methyl sites for hydroxylation is 1. The summed E-state index contributed by atoms with van der Waals surface area (Å²) in [5, 5.41) is 2.65. The summed E-state index contributed by atoms with van der Waals surface area (Å²) in [6.45, 7) is 1.18. The number of halogens is 2. The van der Waals surface area contributed by atoms with Gasteiger partial charge in [0, 0.05) is 16.3 Å². The molecule has 0 aliphatic carbocycles. The molecule has 0 fully saturated rings. The molecule has 0 saturated carbocycles. The monoisotopic (exact) mass is 393 g/mol. The molecule has 0 unspecified atom stereocenters. The molecule has 0 spiro atoms. The molecule has 2 aromatic carbocycles. The lowest BCUT2D eigenvalue weighted by atomic mass is 10.1. The van der Waals surface area contributed by atoms with Crippen molar-refractivity contribution in [3.05, 3.63) is 63.9 Å². The third-order valence-corrected chi connectivity index (χ3v) is 4.03. The van der Waals surface area contributed by atoms with Gasteiger partial charge in [0.2, 0.25) is 0 Å². The number of hydrogen-bond acceptors (Lipinski definition) is 5. The summed E-state index contributed by atoms with van der Waals surface area (Å²) < 4.78 is 23.2. The smallest absolute Gasteiger partial charge is 0.337 e. The predicted octanol–water partition coefficient (Wildman–Crippen LogP) is 3.30. The van der Waals surface area contributed by atoms with Crippen LogP contribution in [0.1, 0.15) is 21.5 Å². The molecular weight excluding hydrogens is 377 g/mol. The van der Waals surface area contributed by atoms with E-state index in [9.17, 15) is 18.8 Å². The normalized spacial score (nSPS) is 10.2. The summed E-state index contributed by atoms with van der Waals surface area (Å²) in [4.78, 5) is 35.4. The van der Waals surface area contributed by atoms with E-state index in [0.717, 1.165) is 0 Å². The van der Waals surface area contributed by atoms with Crippen LogP contribution in [0.5, 0.6) is 0 Å². The molecule has 8 heteroatoms. The van der Waals surface area contributed by atoms with Gasteiger partial charge in [-0.05, 0) is 36.8 Å². The lowest BCUT2D eigenvalue weighted by Gasteiger charge is -2.11. The fourth-order valence-electron chi connectivity index (χ4n) is 2.23. The zero-order valence-corrected chi connectivity index (χ0v) is 15.4. The Balaban J connectivity index is 1.94. The number of esters is 2. The van der Waals surface area contributed by atoms with Crippen LogP contribution < -0.4 is 5.32 Å². The Labute approximate surface area is 160 Å². The molecule has 1 amide bonds. The topological polar surface area (TPSA) is 81.7 Å². The molecule has 0 heterocycles. The SMILES string of the molecule is COC(=O)c1ccc(C)c(NC(=O)COC(=O)Cc2c(F)cccc2Cl)c1. The van der Waals surface area contributed by atoms with E-state index in [2.05, 4.69) is 10.1 Å². The lowest BCUT2D eigenvalue weighted by Crippen LogP contribution is -2.22. The van der Waals surface area contributed by atoms with E-state index >= 15 is 0 Å². The van der Waals surface area contributed by atoms with Gasteiger partial charge in [0.1, 0.15) is 5.82 Å². The number of rotatable bonds is 6. The number of ether oxygens (including phenoxy) is 2. The molecule has 0 atom stereocenters. The lowest BCUT2D eigenvalue weighted by molar-refractivity contribution is -0.146. The first-order chi connectivity index (χ1) is 12.8. The van der Waals surface area contributed by atoms with Crippen LogP contribution in [0.4, 0.5) is 10.1 Å². The summed E-state index contributed by atoms with van der Waals surface area (Å²) >= 11 is 5.85. The molecule has 2 aromatic rings. The van der Waals surface area contributed by atoms with E-state index in [-0.39, 0.29) is 16.1 Å². The highest BCUT2D eigenvalue weighted by molar-refractivity contribution is 6.31. The molecule has 142 valence electrons. The molecule has 27 heavy (non-hydrogen) atoms. The number of amides is 1. The van der Waals surface area contributed by atoms with Gasteiger partial charge in [0.25, 0.3) is 5.91 Å². The van der Waals surface area contributed by atoms with E-state index in [0.29, 0.717) is 11.3 Å². The highest BCUT2D eigenvalue weighted by Crippen LogP contribution is 2.20. The number of carbonyl (C=O) groups excluding carboxylic acids is 3. The van der Waals surface area contributed by atoms with Gasteiger partial charge in [-0.3, -0.25) is 9.59 Å². The molecule has 0 saturated heterocycles. The fourth-order valence-corrected chi connectivity index (χ4v) is 2.46. The van der Waals surface area contributed by atoms with Crippen LogP contribution in [-0.4, -0.2) is 31.6 Å². The largest absolute Gasteiger partial charge is 0.465 e. The molecule has 0 radical (unpaired) electrons. The Morgan fingerprint density at radius 2 is 1.93 bits per heavy atom. The number of nitrogens with one attached hydrogen (secondary N) is 1. The first kappa shape index (κ1) is 20.4. The Hall–Kier alpha value is -2.93. The number of benzene rings is 2. The average molecular weight is 394 g/mol. The van der Waals surface area contributed by atoms with Crippen LogP contribution in [0, 0.1) is 12.7 Å². The second kappa shape index (κ2) is 9.14. The van der Waals surface area contributed by atoms with E-state index in [1.165, 1.54) is 31.4 Å². The Kier molecular flexibility index (Phi) is 6.90. The Morgan fingerprint density at radius 1 is 1.19 bits per heavy atom. The molecule has 0 aliphatic heterocycles. The van der Waals surface area contributed by atoms with E-state index in [4.69, 9.17) is 16.3 Å². The van der Waals surface area contributed by atoms with E-state index in [1.54, 1.807) is 19.1 Å². The maximum atomic E-state index is 13.7. The first-order valence-electron chi connectivity index (χ1n) is 7.89. The second-order valence-corrected chi connectivity index (χ2v) is 6.01. The van der Waals surface area contributed by atoms with Crippen LogP contribution in [0.3, 0.4) is 0 Å². The van der Waals surface area contributed by atoms with Crippen LogP contribution in [0.25, 0.3) is 0 Å². The van der Waals surface area contributed by atoms with Gasteiger partial charge in [-0.25, -0.2) is 9.18 Å². The molecule has 1 N–H and O–H groups in total. The first-order valence-corrected chi connectivity index (χ1v) is 8.27. The summed E-state index contributed by atoms with van der Waals surface area (Å²) in [5.74, 6) is -2.57. The summed E-state index contributed by atoms with van der Waals surface area (Å²) in [6, 6.07) is 8.73. The van der Waals surface area contributed by atoms with Crippen molar-refractivity contribution in [3.8, 4) is 0 Å². The van der Waals surface area contributed by atoms with Gasteiger partial charge in [0.05, 0.1) is 19.1 Å². The average Bonchev–Trinajstić information content (AvgIpc) is 2.64. The van der Waals surface area contributed by atoms with Crippen LogP contribution in [0.15, 0.2) is 36.4 Å². The third kappa shape index (κ3) is 5.52. The molecule has 0 aliphatic rings. The van der Waals surface area contributed by atoms with Crippen LogP contribution >= 0.6 is 11.6 Å². The standard InChI is InChI=1S/C19H17ClFNO5/c1-11-6-7-12(19(25)26-2)8-16(11)22-17(23)10-27-18(24)9-13-14(20)4-3-5-15(13)21/h3-8H,9-10H2,1-2H3,(H,22,23). The molecule has 0 aromatic heterocycles. The van der Waals surface area contributed by atoms with Gasteiger partial charge < -0.3 is 14.8 Å². The minimum atomic E-state index is -0.794. The van der Waals surface area contributed by atoms with Crippen molar-refractivity contribution in [2.75, 3.05) is 19.0 Å². The van der Waals surface area contributed by atoms with Crippen molar-refractivity contribution < 1.29 is 28.2 Å². The van der Waals surface area contributed by atoms with Crippen molar-refractivity contribution >= 4 is 35.1 Å². The minimum absolute atomic E-state index is 0.00574. The van der Waals surface area contributed by atoms with Gasteiger partial charge in [0.15, 0.2) is 6.61 Å². The molecule has 0 bridgehead atoms. The number of hydrogen-bond donors (Lipinski definition) is 1. The van der Waals surface area contributed by atoms with Crippen molar-refractivity contribution in [1.82, 2.24) is 0 Å². The minimum Gasteiger partial charge on any atom is -0.465 e. The summed E-state index contributed by atoms with van der Waals surface area (Å²) in [5.41, 5.74) is 1.37. The van der Waals surface area contributed by atoms with Crippen molar-refractivity contribution in [3.63, 3.8) is 0 Å². The molecule has 2 rings (SSSR count). The van der Waals surface area contributed by atoms with Gasteiger partial charge in [-0.2, -0.15) is 0 Å². The summed E-state index contributed by atoms with van der Waals surface area (Å²) in [7, 11) is 1.25. The highest BCUT2D eigenvalue weighted by atomic mass is 35.5. The van der Waals surface area contributed by atoms with E-state index < -0.39 is 36.7 Å². The van der Waals surface area contributed by atoms with Gasteiger partial charge >= 0.3 is 11.9 Å². The Morgan fingerprint density at radius 3 is 2.59 bits per heavy atom. The van der Waals surface area contributed by atoms with Crippen molar-refractivity contribution in [1.29, 1.82) is 0 Å². The van der Waals surface area contributed by atoms with E-state index in [1.807, 2.05) is 0 Å². The van der Waals surface area contributed by atoms with Gasteiger partial charge in [-0.15, -0.1) is 0 Å².